The summed E-state index contributed by atoms with van der Waals surface area (Å²) in [6.45, 7) is 0.804. The zero-order valence-corrected chi connectivity index (χ0v) is 11.5. The molecular formula is C13H16ClF2NO2. The van der Waals surface area contributed by atoms with E-state index in [0.29, 0.717) is 6.42 Å². The van der Waals surface area contributed by atoms with Gasteiger partial charge < -0.3 is 10.1 Å². The summed E-state index contributed by atoms with van der Waals surface area (Å²) in [6.07, 6.45) is 0.662. The van der Waals surface area contributed by atoms with Crippen molar-refractivity contribution in [2.45, 2.75) is 32.4 Å². The van der Waals surface area contributed by atoms with Crippen LogP contribution in [0.4, 0.5) is 8.78 Å². The fourth-order valence-electron chi connectivity index (χ4n) is 1.38. The van der Waals surface area contributed by atoms with Gasteiger partial charge in [-0.3, -0.25) is 4.79 Å². The number of alkyl halides is 3. The average Bonchev–Trinajstić information content (AvgIpc) is 2.38. The van der Waals surface area contributed by atoms with Crippen molar-refractivity contribution in [2.75, 3.05) is 5.88 Å². The van der Waals surface area contributed by atoms with E-state index >= 15 is 0 Å². The normalized spacial score (nSPS) is 14.0. The maximum atomic E-state index is 12.1. The number of hydrogen-bond donors (Lipinski definition) is 1. The van der Waals surface area contributed by atoms with Gasteiger partial charge in [0.15, 0.2) is 0 Å². The molecule has 0 aromatic heterocycles. The highest BCUT2D eigenvalue weighted by molar-refractivity contribution is 6.18. The van der Waals surface area contributed by atoms with Crippen LogP contribution in [0.1, 0.15) is 30.6 Å². The van der Waals surface area contributed by atoms with E-state index < -0.39 is 12.2 Å². The van der Waals surface area contributed by atoms with Crippen LogP contribution in [0.25, 0.3) is 0 Å². The Kier molecular flexibility index (Phi) is 5.54. The standard InChI is InChI=1S/C13H16ClF2NO2/c1-3-13(2,8-14)17-11(18)9-5-4-6-10(7-9)19-12(15)16/h4-7,12H,3,8H2,1-2H3,(H,17,18). The predicted molar refractivity (Wildman–Crippen MR) is 70.0 cm³/mol. The summed E-state index contributed by atoms with van der Waals surface area (Å²) in [7, 11) is 0. The van der Waals surface area contributed by atoms with Crippen LogP contribution in [-0.4, -0.2) is 23.9 Å². The Hall–Kier alpha value is -1.36. The van der Waals surface area contributed by atoms with Gasteiger partial charge in [0.2, 0.25) is 0 Å². The molecule has 1 atom stereocenters. The van der Waals surface area contributed by atoms with E-state index in [1.807, 2.05) is 13.8 Å². The second-order valence-corrected chi connectivity index (χ2v) is 4.68. The number of ether oxygens (including phenoxy) is 1. The molecule has 0 spiro atoms. The molecule has 19 heavy (non-hydrogen) atoms. The maximum absolute atomic E-state index is 12.1. The lowest BCUT2D eigenvalue weighted by Crippen LogP contribution is -2.47. The van der Waals surface area contributed by atoms with Crippen LogP contribution < -0.4 is 10.1 Å². The lowest BCUT2D eigenvalue weighted by molar-refractivity contribution is -0.0498. The Morgan fingerprint density at radius 1 is 1.53 bits per heavy atom. The third-order valence-corrected chi connectivity index (χ3v) is 3.40. The molecule has 0 heterocycles. The van der Waals surface area contributed by atoms with Gasteiger partial charge in [-0.25, -0.2) is 0 Å². The number of carbonyl (C=O) groups is 1. The van der Waals surface area contributed by atoms with E-state index in [1.165, 1.54) is 24.3 Å². The van der Waals surface area contributed by atoms with Gasteiger partial charge in [0.25, 0.3) is 5.91 Å². The first-order valence-corrected chi connectivity index (χ1v) is 6.37. The Labute approximate surface area is 115 Å². The van der Waals surface area contributed by atoms with Crippen molar-refractivity contribution in [1.29, 1.82) is 0 Å². The fraction of sp³-hybridized carbons (Fsp3) is 0.462. The minimum Gasteiger partial charge on any atom is -0.435 e. The summed E-state index contributed by atoms with van der Waals surface area (Å²) in [5.41, 5.74) is -0.277. The fourth-order valence-corrected chi connectivity index (χ4v) is 1.63. The van der Waals surface area contributed by atoms with E-state index in [0.717, 1.165) is 0 Å². The van der Waals surface area contributed by atoms with Gasteiger partial charge in [0.1, 0.15) is 5.75 Å². The third kappa shape index (κ3) is 4.67. The molecule has 1 aromatic carbocycles. The Balaban J connectivity index is 2.82. The van der Waals surface area contributed by atoms with Crippen LogP contribution in [0, 0.1) is 0 Å². The highest BCUT2D eigenvalue weighted by Gasteiger charge is 2.23. The van der Waals surface area contributed by atoms with Crippen LogP contribution in [0.15, 0.2) is 24.3 Å². The van der Waals surface area contributed by atoms with Crippen LogP contribution >= 0.6 is 11.6 Å². The number of amides is 1. The Morgan fingerprint density at radius 3 is 2.74 bits per heavy atom. The average molecular weight is 292 g/mol. The van der Waals surface area contributed by atoms with Crippen LogP contribution in [-0.2, 0) is 0 Å². The molecule has 0 aliphatic carbocycles. The van der Waals surface area contributed by atoms with Gasteiger partial charge in [-0.05, 0) is 31.5 Å². The van der Waals surface area contributed by atoms with Gasteiger partial charge in [0, 0.05) is 11.4 Å². The van der Waals surface area contributed by atoms with Gasteiger partial charge in [-0.2, -0.15) is 8.78 Å². The molecule has 0 aliphatic rings. The molecule has 3 nitrogen and oxygen atoms in total. The number of hydrogen-bond acceptors (Lipinski definition) is 2. The summed E-state index contributed by atoms with van der Waals surface area (Å²) < 4.78 is 28.4. The zero-order chi connectivity index (χ0) is 14.5. The van der Waals surface area contributed by atoms with Crippen molar-refractivity contribution in [3.8, 4) is 5.75 Å². The first-order valence-electron chi connectivity index (χ1n) is 5.83. The second-order valence-electron chi connectivity index (χ2n) is 4.41. The third-order valence-electron chi connectivity index (χ3n) is 2.81. The first-order chi connectivity index (χ1) is 8.90. The largest absolute Gasteiger partial charge is 0.435 e. The molecule has 1 amide bonds. The van der Waals surface area contributed by atoms with Gasteiger partial charge in [0.05, 0.1) is 5.54 Å². The predicted octanol–water partition coefficient (Wildman–Crippen LogP) is 3.43. The quantitative estimate of drug-likeness (QED) is 0.816. The second kappa shape index (κ2) is 6.70. The molecule has 0 aliphatic heterocycles. The number of rotatable bonds is 6. The van der Waals surface area contributed by atoms with Gasteiger partial charge >= 0.3 is 6.61 Å². The zero-order valence-electron chi connectivity index (χ0n) is 10.8. The number of halogens is 3. The molecule has 0 radical (unpaired) electrons. The van der Waals surface area contributed by atoms with Crippen molar-refractivity contribution < 1.29 is 18.3 Å². The summed E-state index contributed by atoms with van der Waals surface area (Å²) in [5, 5.41) is 2.78. The van der Waals surface area contributed by atoms with Crippen LogP contribution in [0.2, 0.25) is 0 Å². The topological polar surface area (TPSA) is 38.3 Å². The van der Waals surface area contributed by atoms with Gasteiger partial charge in [-0.1, -0.05) is 13.0 Å². The smallest absolute Gasteiger partial charge is 0.387 e. The molecule has 0 saturated heterocycles. The van der Waals surface area contributed by atoms with Crippen molar-refractivity contribution in [2.24, 2.45) is 0 Å². The Bertz CT molecular complexity index is 436. The molecule has 1 aromatic rings. The number of nitrogens with one attached hydrogen (secondary N) is 1. The summed E-state index contributed by atoms with van der Waals surface area (Å²) in [4.78, 5) is 12.0. The minimum atomic E-state index is -2.91. The van der Waals surface area contributed by atoms with E-state index in [4.69, 9.17) is 11.6 Å². The molecule has 1 N–H and O–H groups in total. The van der Waals surface area contributed by atoms with Gasteiger partial charge in [-0.15, -0.1) is 11.6 Å². The molecule has 1 rings (SSSR count). The Morgan fingerprint density at radius 2 is 2.21 bits per heavy atom. The van der Waals surface area contributed by atoms with Crippen molar-refractivity contribution in [3.05, 3.63) is 29.8 Å². The summed E-state index contributed by atoms with van der Waals surface area (Å²) in [5.74, 6) is -0.154. The SMILES string of the molecule is CCC(C)(CCl)NC(=O)c1cccc(OC(F)F)c1. The van der Waals surface area contributed by atoms with E-state index in [9.17, 15) is 13.6 Å². The highest BCUT2D eigenvalue weighted by atomic mass is 35.5. The van der Waals surface area contributed by atoms with E-state index in [2.05, 4.69) is 10.1 Å². The first kappa shape index (κ1) is 15.7. The van der Waals surface area contributed by atoms with E-state index in [-0.39, 0.29) is 23.1 Å². The summed E-state index contributed by atoms with van der Waals surface area (Å²) in [6, 6.07) is 5.64. The lowest BCUT2D eigenvalue weighted by Gasteiger charge is -2.27. The summed E-state index contributed by atoms with van der Waals surface area (Å²) >= 11 is 5.80. The molecule has 6 heteroatoms. The van der Waals surface area contributed by atoms with E-state index in [1.54, 1.807) is 0 Å². The molecule has 0 saturated carbocycles. The molecule has 1 unspecified atom stereocenters. The highest BCUT2D eigenvalue weighted by Crippen LogP contribution is 2.18. The lowest BCUT2D eigenvalue weighted by atomic mass is 10.0. The number of benzene rings is 1. The van der Waals surface area contributed by atoms with Crippen molar-refractivity contribution in [1.82, 2.24) is 5.32 Å². The van der Waals surface area contributed by atoms with Crippen molar-refractivity contribution >= 4 is 17.5 Å². The minimum absolute atomic E-state index is 0.0493. The molecule has 0 fully saturated rings. The monoisotopic (exact) mass is 291 g/mol. The number of carbonyl (C=O) groups excluding carboxylic acids is 1. The van der Waals surface area contributed by atoms with Crippen molar-refractivity contribution in [3.63, 3.8) is 0 Å². The molecular weight excluding hydrogens is 276 g/mol. The van der Waals surface area contributed by atoms with Crippen LogP contribution in [0.5, 0.6) is 5.75 Å². The maximum Gasteiger partial charge on any atom is 0.387 e. The molecule has 0 bridgehead atoms. The molecule has 106 valence electrons. The van der Waals surface area contributed by atoms with Crippen LogP contribution in [0.3, 0.4) is 0 Å².